The van der Waals surface area contributed by atoms with Crippen LogP contribution < -0.4 is 15.5 Å². The van der Waals surface area contributed by atoms with Crippen molar-refractivity contribution in [2.24, 2.45) is 7.05 Å². The fourth-order valence-corrected chi connectivity index (χ4v) is 5.15. The van der Waals surface area contributed by atoms with Crippen molar-refractivity contribution in [2.75, 3.05) is 42.7 Å². The van der Waals surface area contributed by atoms with Crippen LogP contribution in [-0.4, -0.2) is 58.6 Å². The number of carbonyl (C=O) groups is 1. The Morgan fingerprint density at radius 3 is 2.62 bits per heavy atom. The summed E-state index contributed by atoms with van der Waals surface area (Å²) in [6, 6.07) is 9.95. The van der Waals surface area contributed by atoms with E-state index in [0.29, 0.717) is 22.8 Å². The van der Waals surface area contributed by atoms with Crippen LogP contribution >= 0.6 is 0 Å². The monoisotopic (exact) mass is 555 g/mol. The average Bonchev–Trinajstić information content (AvgIpc) is 3.49. The first-order chi connectivity index (χ1) is 18.9. The number of aromatic nitrogens is 3. The molecule has 40 heavy (non-hydrogen) atoms. The third-order valence-electron chi connectivity index (χ3n) is 7.10. The van der Waals surface area contributed by atoms with Crippen molar-refractivity contribution in [3.8, 4) is 11.3 Å². The van der Waals surface area contributed by atoms with E-state index in [0.717, 1.165) is 31.4 Å². The van der Waals surface area contributed by atoms with Gasteiger partial charge in [-0.25, -0.2) is 14.4 Å². The summed E-state index contributed by atoms with van der Waals surface area (Å²) in [5.41, 5.74) is 0.789. The number of para-hydroxylation sites is 1. The van der Waals surface area contributed by atoms with Crippen molar-refractivity contribution in [3.63, 3.8) is 0 Å². The van der Waals surface area contributed by atoms with Gasteiger partial charge in [0.1, 0.15) is 11.4 Å². The summed E-state index contributed by atoms with van der Waals surface area (Å²) in [7, 11) is 5.63. The lowest BCUT2D eigenvalue weighted by atomic mass is 10.1. The Balaban J connectivity index is 1.53. The maximum atomic E-state index is 14.5. The first kappa shape index (κ1) is 27.4. The van der Waals surface area contributed by atoms with E-state index in [9.17, 15) is 22.4 Å². The Morgan fingerprint density at radius 2 is 1.95 bits per heavy atom. The van der Waals surface area contributed by atoms with Crippen LogP contribution in [0.3, 0.4) is 0 Å². The molecule has 210 valence electrons. The van der Waals surface area contributed by atoms with Crippen LogP contribution in [0.1, 0.15) is 18.9 Å². The van der Waals surface area contributed by atoms with Crippen LogP contribution in [0.5, 0.6) is 0 Å². The lowest BCUT2D eigenvalue weighted by molar-refractivity contribution is -0.137. The van der Waals surface area contributed by atoms with Crippen molar-refractivity contribution in [2.45, 2.75) is 25.6 Å². The number of aryl methyl sites for hydroxylation is 1. The van der Waals surface area contributed by atoms with Gasteiger partial charge in [0.25, 0.3) is 0 Å². The number of amides is 1. The minimum absolute atomic E-state index is 0.0771. The number of nitrogens with zero attached hydrogens (tertiary/aromatic N) is 5. The zero-order chi connectivity index (χ0) is 28.8. The van der Waals surface area contributed by atoms with Crippen LogP contribution in [0.4, 0.5) is 40.6 Å². The zero-order valence-corrected chi connectivity index (χ0v) is 22.5. The van der Waals surface area contributed by atoms with Crippen molar-refractivity contribution in [1.29, 1.82) is 0 Å². The highest BCUT2D eigenvalue weighted by Gasteiger charge is 2.36. The molecule has 2 N–H and O–H groups in total. The number of hydrogen-bond donors (Lipinski definition) is 2. The molecule has 1 aliphatic rings. The first-order valence-corrected chi connectivity index (χ1v) is 12.7. The molecule has 0 aliphatic carbocycles. The van der Waals surface area contributed by atoms with Gasteiger partial charge in [-0.1, -0.05) is 12.1 Å². The fourth-order valence-electron chi connectivity index (χ4n) is 5.15. The first-order valence-electron chi connectivity index (χ1n) is 12.7. The Kier molecular flexibility index (Phi) is 7.13. The third-order valence-corrected chi connectivity index (χ3v) is 7.10. The number of carbonyl (C=O) groups excluding carboxylic acids is 1. The quantitative estimate of drug-likeness (QED) is 0.300. The third kappa shape index (κ3) is 5.31. The van der Waals surface area contributed by atoms with Gasteiger partial charge >= 0.3 is 6.18 Å². The van der Waals surface area contributed by atoms with Gasteiger partial charge in [-0.3, -0.25) is 4.79 Å². The highest BCUT2D eigenvalue weighted by Crippen LogP contribution is 2.40. The van der Waals surface area contributed by atoms with Gasteiger partial charge in [0, 0.05) is 62.1 Å². The van der Waals surface area contributed by atoms with Crippen LogP contribution in [0, 0.1) is 5.82 Å². The van der Waals surface area contributed by atoms with E-state index in [1.807, 2.05) is 20.2 Å². The molecule has 12 heteroatoms. The largest absolute Gasteiger partial charge is 0.419 e. The molecule has 1 unspecified atom stereocenters. The summed E-state index contributed by atoms with van der Waals surface area (Å²) >= 11 is 0. The van der Waals surface area contributed by atoms with Gasteiger partial charge in [0.05, 0.1) is 22.6 Å². The number of alkyl halides is 3. The van der Waals surface area contributed by atoms with E-state index in [-0.39, 0.29) is 28.6 Å². The van der Waals surface area contributed by atoms with E-state index in [2.05, 4.69) is 30.4 Å². The molecule has 1 atom stereocenters. The number of hydrogen-bond acceptors (Lipinski definition) is 6. The zero-order valence-electron chi connectivity index (χ0n) is 22.5. The van der Waals surface area contributed by atoms with Gasteiger partial charge in [-0.15, -0.1) is 0 Å². The van der Waals surface area contributed by atoms with Crippen LogP contribution in [0.15, 0.2) is 48.8 Å². The predicted octanol–water partition coefficient (Wildman–Crippen LogP) is 5.64. The molecule has 8 nitrogen and oxygen atoms in total. The lowest BCUT2D eigenvalue weighted by Gasteiger charge is -2.24. The Hall–Kier alpha value is -4.19. The molecular formula is C28H29F4N7O. The van der Waals surface area contributed by atoms with Crippen LogP contribution in [0.25, 0.3) is 22.2 Å². The van der Waals surface area contributed by atoms with E-state index in [1.54, 1.807) is 25.2 Å². The van der Waals surface area contributed by atoms with Crippen LogP contribution in [-0.2, 0) is 18.0 Å². The van der Waals surface area contributed by atoms with Crippen molar-refractivity contribution >= 4 is 39.8 Å². The number of benzene rings is 2. The Morgan fingerprint density at radius 1 is 1.18 bits per heavy atom. The Bertz CT molecular complexity index is 1580. The topological polar surface area (TPSA) is 78.3 Å². The summed E-state index contributed by atoms with van der Waals surface area (Å²) < 4.78 is 57.9. The van der Waals surface area contributed by atoms with Gasteiger partial charge in [0.2, 0.25) is 11.9 Å². The van der Waals surface area contributed by atoms with E-state index in [1.165, 1.54) is 29.8 Å². The molecule has 0 bridgehead atoms. The average molecular weight is 556 g/mol. The molecule has 1 aliphatic heterocycles. The smallest absolute Gasteiger partial charge is 0.368 e. The molecule has 4 aromatic rings. The summed E-state index contributed by atoms with van der Waals surface area (Å²) in [6.45, 7) is 3.03. The summed E-state index contributed by atoms with van der Waals surface area (Å²) in [5.74, 6) is -0.877. The standard InChI is InChI=1S/C28H29F4N7O/c1-16(40)34-23-12-17(8-9-24(23)39-11-10-18(14-39)37(2)3)35-27-33-13-21(28(30,31)32)25(36-27)20-15-38(4)26-19(20)6-5-7-22(26)29/h5-9,12-13,15,18H,10-11,14H2,1-4H3,(H,34,40)(H,33,35,36). The van der Waals surface area contributed by atoms with Crippen molar-refractivity contribution in [3.05, 3.63) is 60.2 Å². The number of anilines is 4. The second-order valence-corrected chi connectivity index (χ2v) is 10.1. The molecular weight excluding hydrogens is 526 g/mol. The van der Waals surface area contributed by atoms with E-state index < -0.39 is 17.6 Å². The lowest BCUT2D eigenvalue weighted by Crippen LogP contribution is -2.31. The second-order valence-electron chi connectivity index (χ2n) is 10.1. The maximum absolute atomic E-state index is 14.5. The van der Waals surface area contributed by atoms with Crippen molar-refractivity contribution in [1.82, 2.24) is 19.4 Å². The van der Waals surface area contributed by atoms with Gasteiger partial charge in [-0.2, -0.15) is 13.2 Å². The normalized spacial score (nSPS) is 15.7. The molecule has 1 amide bonds. The van der Waals surface area contributed by atoms with Gasteiger partial charge in [0.15, 0.2) is 0 Å². The molecule has 1 fully saturated rings. The Labute approximate surface area is 228 Å². The molecule has 0 radical (unpaired) electrons. The number of halogens is 4. The SMILES string of the molecule is CC(=O)Nc1cc(Nc2ncc(C(F)(F)F)c(-c3cn(C)c4c(F)cccc34)n2)ccc1N1CCC(N(C)C)C1. The summed E-state index contributed by atoms with van der Waals surface area (Å²) in [4.78, 5) is 24.5. The molecule has 3 heterocycles. The molecule has 2 aromatic carbocycles. The maximum Gasteiger partial charge on any atom is 0.419 e. The summed E-state index contributed by atoms with van der Waals surface area (Å²) in [6.07, 6.45) is -1.61. The number of rotatable bonds is 6. The highest BCUT2D eigenvalue weighted by atomic mass is 19.4. The minimum Gasteiger partial charge on any atom is -0.368 e. The molecule has 2 aromatic heterocycles. The van der Waals surface area contributed by atoms with Gasteiger partial charge in [-0.05, 0) is 44.8 Å². The predicted molar refractivity (Wildman–Crippen MR) is 147 cm³/mol. The van der Waals surface area contributed by atoms with E-state index in [4.69, 9.17) is 0 Å². The summed E-state index contributed by atoms with van der Waals surface area (Å²) in [5, 5.41) is 6.12. The minimum atomic E-state index is -4.73. The van der Waals surface area contributed by atoms with Crippen LogP contribution in [0.2, 0.25) is 0 Å². The number of nitrogens with one attached hydrogen (secondary N) is 2. The number of likely N-dealkylation sites (N-methyl/N-ethyl adjacent to an activating group) is 1. The molecule has 5 rings (SSSR count). The van der Waals surface area contributed by atoms with Gasteiger partial charge < -0.3 is 25.0 Å². The van der Waals surface area contributed by atoms with Crippen molar-refractivity contribution < 1.29 is 22.4 Å². The fraction of sp³-hybridized carbons (Fsp3) is 0.321. The molecule has 0 spiro atoms. The molecule has 1 saturated heterocycles. The second kappa shape index (κ2) is 10.4. The number of fused-ring (bicyclic) bond motifs is 1. The van der Waals surface area contributed by atoms with E-state index >= 15 is 0 Å². The molecule has 0 saturated carbocycles. The highest BCUT2D eigenvalue weighted by molar-refractivity contribution is 5.96.